The summed E-state index contributed by atoms with van der Waals surface area (Å²) in [5, 5.41) is 0. The van der Waals surface area contributed by atoms with Gasteiger partial charge in [0.2, 0.25) is 0 Å². The van der Waals surface area contributed by atoms with Gasteiger partial charge in [0.15, 0.2) is 5.76 Å². The number of aryl methyl sites for hydroxylation is 1. The molecule has 1 aliphatic rings. The molecule has 0 spiro atoms. The zero-order valence-corrected chi connectivity index (χ0v) is 17.0. The van der Waals surface area contributed by atoms with Crippen molar-refractivity contribution in [2.45, 2.75) is 13.3 Å². The largest absolute Gasteiger partial charge is 0.420 e. The molecule has 0 saturated carbocycles. The maximum absolute atomic E-state index is 13.2. The molecule has 1 aliphatic heterocycles. The molecule has 0 saturated heterocycles. The zero-order chi connectivity index (χ0) is 21.4. The molecule has 0 fully saturated rings. The van der Waals surface area contributed by atoms with Gasteiger partial charge < -0.3 is 4.42 Å². The maximum atomic E-state index is 13.2. The number of amides is 1. The number of fused-ring (bicyclic) bond motifs is 1. The molecular formula is C27H19NO3. The number of carbonyl (C=O) groups excluding carboxylic acids is 1. The highest BCUT2D eigenvalue weighted by Crippen LogP contribution is 2.35. The summed E-state index contributed by atoms with van der Waals surface area (Å²) in [5.41, 5.74) is 4.95. The molecule has 0 radical (unpaired) electrons. The highest BCUT2D eigenvalue weighted by molar-refractivity contribution is 6.28. The lowest BCUT2D eigenvalue weighted by Crippen LogP contribution is -2.16. The predicted octanol–water partition coefficient (Wildman–Crippen LogP) is 5.20. The van der Waals surface area contributed by atoms with Gasteiger partial charge in [0.05, 0.1) is 11.1 Å². The topological polar surface area (TPSA) is 59.6 Å². The summed E-state index contributed by atoms with van der Waals surface area (Å²) in [6.07, 6.45) is 0.369. The van der Waals surface area contributed by atoms with E-state index in [0.717, 1.165) is 22.3 Å². The Morgan fingerprint density at radius 2 is 1.45 bits per heavy atom. The van der Waals surface area contributed by atoms with Gasteiger partial charge in [0.1, 0.15) is 5.71 Å². The molecule has 3 aromatic carbocycles. The summed E-state index contributed by atoms with van der Waals surface area (Å²) in [7, 11) is 0. The van der Waals surface area contributed by atoms with Gasteiger partial charge in [-0.1, -0.05) is 90.5 Å². The van der Waals surface area contributed by atoms with Crippen molar-refractivity contribution in [1.29, 1.82) is 0 Å². The molecule has 4 aromatic rings. The van der Waals surface area contributed by atoms with E-state index in [4.69, 9.17) is 4.42 Å². The van der Waals surface area contributed by atoms with E-state index in [1.54, 1.807) is 0 Å². The van der Waals surface area contributed by atoms with E-state index in [0.29, 0.717) is 28.8 Å². The average molecular weight is 405 g/mol. The molecular weight excluding hydrogens is 386 g/mol. The van der Waals surface area contributed by atoms with Crippen molar-refractivity contribution >= 4 is 11.6 Å². The van der Waals surface area contributed by atoms with Gasteiger partial charge in [-0.2, -0.15) is 0 Å². The SMILES string of the molecule is Cc1cccc(-c2c3c(oc(=O)c2Cc2ccccc2)C(c2ccccc2)=NC3=O)c1. The van der Waals surface area contributed by atoms with E-state index in [1.807, 2.05) is 91.9 Å². The quantitative estimate of drug-likeness (QED) is 0.469. The van der Waals surface area contributed by atoms with Crippen LogP contribution < -0.4 is 5.63 Å². The van der Waals surface area contributed by atoms with Crippen LogP contribution in [0.2, 0.25) is 0 Å². The van der Waals surface area contributed by atoms with Gasteiger partial charge in [0.25, 0.3) is 5.91 Å². The van der Waals surface area contributed by atoms with Crippen LogP contribution in [0.15, 0.2) is 99.1 Å². The van der Waals surface area contributed by atoms with Crippen LogP contribution >= 0.6 is 0 Å². The standard InChI is InChI=1S/C27H19NO3/c1-17-9-8-14-20(15-17)22-21(16-18-10-4-2-5-11-18)27(30)31-25-23(22)26(29)28-24(25)19-12-6-3-7-13-19/h2-15H,16H2,1H3. The van der Waals surface area contributed by atoms with Crippen molar-refractivity contribution in [3.8, 4) is 11.1 Å². The van der Waals surface area contributed by atoms with Crippen molar-refractivity contribution in [3.05, 3.63) is 129 Å². The molecule has 2 heterocycles. The molecule has 0 unspecified atom stereocenters. The normalized spacial score (nSPS) is 12.5. The minimum Gasteiger partial charge on any atom is -0.420 e. The van der Waals surface area contributed by atoms with Crippen LogP contribution in [0.3, 0.4) is 0 Å². The van der Waals surface area contributed by atoms with Crippen molar-refractivity contribution in [2.75, 3.05) is 0 Å². The zero-order valence-electron chi connectivity index (χ0n) is 17.0. The van der Waals surface area contributed by atoms with Crippen LogP contribution in [0.1, 0.15) is 38.4 Å². The molecule has 1 aromatic heterocycles. The van der Waals surface area contributed by atoms with Crippen LogP contribution in [0.25, 0.3) is 11.1 Å². The third-order valence-corrected chi connectivity index (χ3v) is 5.44. The van der Waals surface area contributed by atoms with Gasteiger partial charge >= 0.3 is 5.63 Å². The smallest absolute Gasteiger partial charge is 0.340 e. The number of hydrogen-bond acceptors (Lipinski definition) is 3. The molecule has 4 heteroatoms. The van der Waals surface area contributed by atoms with Crippen molar-refractivity contribution < 1.29 is 9.21 Å². The number of rotatable bonds is 4. The van der Waals surface area contributed by atoms with Crippen molar-refractivity contribution in [2.24, 2.45) is 4.99 Å². The van der Waals surface area contributed by atoms with Crippen LogP contribution in [-0.2, 0) is 6.42 Å². The highest BCUT2D eigenvalue weighted by atomic mass is 16.4. The van der Waals surface area contributed by atoms with E-state index in [-0.39, 0.29) is 11.7 Å². The minimum absolute atomic E-state index is 0.245. The summed E-state index contributed by atoms with van der Waals surface area (Å²) in [4.78, 5) is 30.6. The third-order valence-electron chi connectivity index (χ3n) is 5.44. The fourth-order valence-corrected chi connectivity index (χ4v) is 4.02. The van der Waals surface area contributed by atoms with Crippen molar-refractivity contribution in [3.63, 3.8) is 0 Å². The first-order valence-electron chi connectivity index (χ1n) is 10.1. The Balaban J connectivity index is 1.78. The Morgan fingerprint density at radius 3 is 2.16 bits per heavy atom. The first-order valence-corrected chi connectivity index (χ1v) is 10.1. The summed E-state index contributed by atoms with van der Waals surface area (Å²) in [6.45, 7) is 1.99. The Labute approximate surface area is 179 Å². The molecule has 1 amide bonds. The molecule has 150 valence electrons. The van der Waals surface area contributed by atoms with Gasteiger partial charge in [-0.15, -0.1) is 0 Å². The van der Waals surface area contributed by atoms with E-state index in [1.165, 1.54) is 0 Å². The third kappa shape index (κ3) is 3.42. The van der Waals surface area contributed by atoms with E-state index >= 15 is 0 Å². The van der Waals surface area contributed by atoms with Crippen LogP contribution in [-0.4, -0.2) is 11.6 Å². The first kappa shape index (κ1) is 18.9. The maximum Gasteiger partial charge on any atom is 0.340 e. The molecule has 4 nitrogen and oxygen atoms in total. The van der Waals surface area contributed by atoms with Crippen LogP contribution in [0.5, 0.6) is 0 Å². The molecule has 0 aliphatic carbocycles. The van der Waals surface area contributed by atoms with E-state index < -0.39 is 5.63 Å². The lowest BCUT2D eigenvalue weighted by molar-refractivity contribution is 0.101. The van der Waals surface area contributed by atoms with Gasteiger partial charge in [-0.25, -0.2) is 9.79 Å². The monoisotopic (exact) mass is 405 g/mol. The van der Waals surface area contributed by atoms with E-state index in [9.17, 15) is 9.59 Å². The lowest BCUT2D eigenvalue weighted by atomic mass is 9.90. The number of aliphatic imine (C=N–C) groups is 1. The predicted molar refractivity (Wildman–Crippen MR) is 121 cm³/mol. The second kappa shape index (κ2) is 7.65. The molecule has 0 bridgehead atoms. The van der Waals surface area contributed by atoms with Crippen molar-refractivity contribution in [1.82, 2.24) is 0 Å². The number of carbonyl (C=O) groups is 1. The van der Waals surface area contributed by atoms with Gasteiger partial charge in [-0.3, -0.25) is 4.79 Å². The summed E-state index contributed by atoms with van der Waals surface area (Å²) in [6, 6.07) is 26.8. The fourth-order valence-electron chi connectivity index (χ4n) is 4.02. The molecule has 0 N–H and O–H groups in total. The summed E-state index contributed by atoms with van der Waals surface area (Å²) in [5.74, 6) is -0.141. The molecule has 31 heavy (non-hydrogen) atoms. The Morgan fingerprint density at radius 1 is 0.774 bits per heavy atom. The lowest BCUT2D eigenvalue weighted by Gasteiger charge is -2.13. The number of nitrogens with zero attached hydrogens (tertiary/aromatic N) is 1. The minimum atomic E-state index is -0.447. The fraction of sp³-hybridized carbons (Fsp3) is 0.0741. The van der Waals surface area contributed by atoms with Crippen LogP contribution in [0.4, 0.5) is 0 Å². The Hall–Kier alpha value is -4.05. The van der Waals surface area contributed by atoms with E-state index in [2.05, 4.69) is 4.99 Å². The summed E-state index contributed by atoms with van der Waals surface area (Å²) < 4.78 is 5.75. The van der Waals surface area contributed by atoms with Gasteiger partial charge in [0, 0.05) is 17.5 Å². The molecule has 5 rings (SSSR count). The second-order valence-electron chi connectivity index (χ2n) is 7.61. The number of hydrogen-bond donors (Lipinski definition) is 0. The first-order chi connectivity index (χ1) is 15.1. The average Bonchev–Trinajstić information content (AvgIpc) is 3.11. The summed E-state index contributed by atoms with van der Waals surface area (Å²) >= 11 is 0. The van der Waals surface area contributed by atoms with Gasteiger partial charge in [-0.05, 0) is 18.1 Å². The number of benzene rings is 3. The highest BCUT2D eigenvalue weighted by Gasteiger charge is 2.33. The Kier molecular flexibility index (Phi) is 4.68. The molecule has 0 atom stereocenters. The Bertz CT molecular complexity index is 1380. The van der Waals surface area contributed by atoms with Crippen LogP contribution in [0, 0.1) is 6.92 Å². The second-order valence-corrected chi connectivity index (χ2v) is 7.61.